The number of carbonyl (C=O) groups excluding carboxylic acids is 2. The Hall–Kier alpha value is -0.570. The molecule has 0 bridgehead atoms. The van der Waals surface area contributed by atoms with E-state index in [0.717, 1.165) is 0 Å². The standard InChI is InChI=1S/C6H10ClNO2/c1-6(2,3)8-5(10)4(7)9/h1-3H3,(H,8,10). The molecule has 0 saturated carbocycles. The second-order valence-corrected chi connectivity index (χ2v) is 3.32. The zero-order valence-electron chi connectivity index (χ0n) is 6.19. The normalized spacial score (nSPS) is 10.8. The largest absolute Gasteiger partial charge is 0.344 e. The third kappa shape index (κ3) is 4.32. The third-order valence-corrected chi connectivity index (χ3v) is 0.839. The molecule has 0 aliphatic carbocycles. The van der Waals surface area contributed by atoms with Gasteiger partial charge in [0.1, 0.15) is 0 Å². The summed E-state index contributed by atoms with van der Waals surface area (Å²) in [6, 6.07) is 0. The van der Waals surface area contributed by atoms with Crippen molar-refractivity contribution < 1.29 is 9.59 Å². The van der Waals surface area contributed by atoms with E-state index in [1.807, 2.05) is 0 Å². The van der Waals surface area contributed by atoms with Gasteiger partial charge in [0.2, 0.25) is 0 Å². The van der Waals surface area contributed by atoms with Crippen LogP contribution in [0.3, 0.4) is 0 Å². The van der Waals surface area contributed by atoms with Crippen LogP contribution < -0.4 is 5.32 Å². The monoisotopic (exact) mass is 163 g/mol. The van der Waals surface area contributed by atoms with Gasteiger partial charge in [-0.25, -0.2) is 0 Å². The molecule has 10 heavy (non-hydrogen) atoms. The minimum absolute atomic E-state index is 0.401. The van der Waals surface area contributed by atoms with Crippen LogP contribution in [0.25, 0.3) is 0 Å². The zero-order valence-corrected chi connectivity index (χ0v) is 6.95. The lowest BCUT2D eigenvalue weighted by molar-refractivity contribution is -0.134. The molecular weight excluding hydrogens is 154 g/mol. The van der Waals surface area contributed by atoms with Gasteiger partial charge in [-0.2, -0.15) is 0 Å². The maximum Gasteiger partial charge on any atom is 0.309 e. The predicted octanol–water partition coefficient (Wildman–Crippen LogP) is 0.666. The lowest BCUT2D eigenvalue weighted by Crippen LogP contribution is -2.42. The van der Waals surface area contributed by atoms with Gasteiger partial charge >= 0.3 is 11.1 Å². The molecule has 0 fully saturated rings. The van der Waals surface area contributed by atoms with Crippen LogP contribution in [0.4, 0.5) is 0 Å². The maximum atomic E-state index is 10.6. The van der Waals surface area contributed by atoms with Gasteiger partial charge in [0.05, 0.1) is 0 Å². The highest BCUT2D eigenvalue weighted by Crippen LogP contribution is 1.98. The van der Waals surface area contributed by atoms with Crippen molar-refractivity contribution >= 4 is 22.8 Å². The predicted molar refractivity (Wildman–Crippen MR) is 38.8 cm³/mol. The van der Waals surface area contributed by atoms with E-state index in [2.05, 4.69) is 5.32 Å². The fourth-order valence-corrected chi connectivity index (χ4v) is 0.437. The van der Waals surface area contributed by atoms with Crippen LogP contribution in [0.2, 0.25) is 0 Å². The van der Waals surface area contributed by atoms with Crippen LogP contribution in [0.15, 0.2) is 0 Å². The number of hydrogen-bond acceptors (Lipinski definition) is 2. The van der Waals surface area contributed by atoms with Crippen LogP contribution in [-0.4, -0.2) is 16.7 Å². The molecule has 1 amide bonds. The van der Waals surface area contributed by atoms with Crippen molar-refractivity contribution in [3.63, 3.8) is 0 Å². The van der Waals surface area contributed by atoms with E-state index in [-0.39, 0.29) is 0 Å². The summed E-state index contributed by atoms with van der Waals surface area (Å²) in [4.78, 5) is 20.7. The zero-order chi connectivity index (χ0) is 8.36. The molecule has 0 heterocycles. The molecule has 0 radical (unpaired) electrons. The molecule has 0 aromatic rings. The molecule has 4 heteroatoms. The van der Waals surface area contributed by atoms with E-state index < -0.39 is 16.7 Å². The molecular formula is C6H10ClNO2. The average Bonchev–Trinajstić information content (AvgIpc) is 1.60. The summed E-state index contributed by atoms with van der Waals surface area (Å²) in [5.74, 6) is -0.755. The molecule has 0 aromatic heterocycles. The van der Waals surface area contributed by atoms with E-state index in [1.165, 1.54) is 0 Å². The summed E-state index contributed by atoms with van der Waals surface area (Å²) < 4.78 is 0. The lowest BCUT2D eigenvalue weighted by Gasteiger charge is -2.18. The first kappa shape index (κ1) is 9.43. The van der Waals surface area contributed by atoms with Crippen molar-refractivity contribution in [1.29, 1.82) is 0 Å². The van der Waals surface area contributed by atoms with Crippen molar-refractivity contribution in [1.82, 2.24) is 5.32 Å². The number of carbonyl (C=O) groups is 2. The van der Waals surface area contributed by atoms with E-state index in [0.29, 0.717) is 0 Å². The quantitative estimate of drug-likeness (QED) is 0.456. The molecule has 0 spiro atoms. The second-order valence-electron chi connectivity index (χ2n) is 2.98. The van der Waals surface area contributed by atoms with E-state index in [1.54, 1.807) is 20.8 Å². The number of rotatable bonds is 1. The molecule has 58 valence electrons. The minimum atomic E-state index is -0.977. The Kier molecular flexibility index (Phi) is 2.84. The molecule has 0 aliphatic heterocycles. The van der Waals surface area contributed by atoms with Gasteiger partial charge in [0.25, 0.3) is 0 Å². The van der Waals surface area contributed by atoms with Crippen molar-refractivity contribution in [2.75, 3.05) is 0 Å². The van der Waals surface area contributed by atoms with E-state index in [9.17, 15) is 9.59 Å². The van der Waals surface area contributed by atoms with Gasteiger partial charge in [0, 0.05) is 5.54 Å². The molecule has 1 N–H and O–H groups in total. The van der Waals surface area contributed by atoms with E-state index in [4.69, 9.17) is 11.6 Å². The summed E-state index contributed by atoms with van der Waals surface area (Å²) in [7, 11) is 0. The third-order valence-electron chi connectivity index (χ3n) is 0.667. The fourth-order valence-electron chi connectivity index (χ4n) is 0.390. The van der Waals surface area contributed by atoms with Crippen LogP contribution in [-0.2, 0) is 9.59 Å². The summed E-state index contributed by atoms with van der Waals surface area (Å²) >= 11 is 4.88. The van der Waals surface area contributed by atoms with Gasteiger partial charge in [-0.15, -0.1) is 0 Å². The number of nitrogens with one attached hydrogen (secondary N) is 1. The Labute approximate surface area is 64.7 Å². The van der Waals surface area contributed by atoms with Gasteiger partial charge in [-0.1, -0.05) is 0 Å². The van der Waals surface area contributed by atoms with Crippen molar-refractivity contribution in [2.45, 2.75) is 26.3 Å². The Morgan fingerprint density at radius 3 is 1.80 bits per heavy atom. The van der Waals surface area contributed by atoms with Gasteiger partial charge in [0.15, 0.2) is 0 Å². The first-order valence-electron chi connectivity index (χ1n) is 2.85. The molecule has 0 atom stereocenters. The average molecular weight is 164 g/mol. The van der Waals surface area contributed by atoms with Crippen molar-refractivity contribution in [2.24, 2.45) is 0 Å². The first-order valence-corrected chi connectivity index (χ1v) is 3.23. The lowest BCUT2D eigenvalue weighted by atomic mass is 10.1. The minimum Gasteiger partial charge on any atom is -0.344 e. The number of amides is 1. The Morgan fingerprint density at radius 2 is 1.70 bits per heavy atom. The second kappa shape index (κ2) is 3.01. The molecule has 3 nitrogen and oxygen atoms in total. The summed E-state index contributed by atoms with van der Waals surface area (Å²) in [5.41, 5.74) is -0.401. The first-order chi connectivity index (χ1) is 4.33. The van der Waals surface area contributed by atoms with E-state index >= 15 is 0 Å². The van der Waals surface area contributed by atoms with Crippen molar-refractivity contribution in [3.8, 4) is 0 Å². The molecule has 0 unspecified atom stereocenters. The molecule has 0 aromatic carbocycles. The molecule has 0 saturated heterocycles. The summed E-state index contributed by atoms with van der Waals surface area (Å²) in [6.07, 6.45) is 0. The van der Waals surface area contributed by atoms with Crippen LogP contribution in [0, 0.1) is 0 Å². The Morgan fingerprint density at radius 1 is 1.30 bits per heavy atom. The van der Waals surface area contributed by atoms with Gasteiger partial charge < -0.3 is 5.32 Å². The summed E-state index contributed by atoms with van der Waals surface area (Å²) in [5, 5.41) is 1.42. The number of hydrogen-bond donors (Lipinski definition) is 1. The van der Waals surface area contributed by atoms with Crippen LogP contribution in [0.1, 0.15) is 20.8 Å². The smallest absolute Gasteiger partial charge is 0.309 e. The highest BCUT2D eigenvalue weighted by molar-refractivity contribution is 6.80. The summed E-state index contributed by atoms with van der Waals surface area (Å²) in [6.45, 7) is 5.31. The fraction of sp³-hybridized carbons (Fsp3) is 0.667. The highest BCUT2D eigenvalue weighted by atomic mass is 35.5. The highest BCUT2D eigenvalue weighted by Gasteiger charge is 2.17. The SMILES string of the molecule is CC(C)(C)NC(=O)C(=O)Cl. The maximum absolute atomic E-state index is 10.6. The molecule has 0 rings (SSSR count). The van der Waals surface area contributed by atoms with Crippen molar-refractivity contribution in [3.05, 3.63) is 0 Å². The Balaban J connectivity index is 3.93. The van der Waals surface area contributed by atoms with Gasteiger partial charge in [-0.05, 0) is 32.4 Å². The molecule has 0 aliphatic rings. The van der Waals surface area contributed by atoms with Crippen LogP contribution >= 0.6 is 11.6 Å². The number of halogens is 1. The van der Waals surface area contributed by atoms with Crippen LogP contribution in [0.5, 0.6) is 0 Å². The topological polar surface area (TPSA) is 46.2 Å². The Bertz CT molecular complexity index is 160. The van der Waals surface area contributed by atoms with Gasteiger partial charge in [-0.3, -0.25) is 9.59 Å².